The summed E-state index contributed by atoms with van der Waals surface area (Å²) in [6.07, 6.45) is 0.799. The van der Waals surface area contributed by atoms with Crippen LogP contribution in [0.25, 0.3) is 0 Å². The van der Waals surface area contributed by atoms with Crippen LogP contribution in [0.5, 0.6) is 0 Å². The van der Waals surface area contributed by atoms with Crippen molar-refractivity contribution in [2.45, 2.75) is 19.4 Å². The third kappa shape index (κ3) is 1.97. The van der Waals surface area contributed by atoms with Crippen molar-refractivity contribution in [3.8, 4) is 0 Å². The van der Waals surface area contributed by atoms with Crippen LogP contribution in [0.3, 0.4) is 0 Å². The molecule has 1 aromatic heterocycles. The largest absolute Gasteiger partial charge is 0.481 e. The molecule has 0 saturated carbocycles. The van der Waals surface area contributed by atoms with Gasteiger partial charge in [0, 0.05) is 25.2 Å². The fourth-order valence-electron chi connectivity index (χ4n) is 1.86. The summed E-state index contributed by atoms with van der Waals surface area (Å²) in [4.78, 5) is 22.1. The Labute approximate surface area is 101 Å². The van der Waals surface area contributed by atoms with E-state index < -0.39 is 5.97 Å². The Hall–Kier alpha value is -1.30. The van der Waals surface area contributed by atoms with E-state index in [0.29, 0.717) is 18.7 Å². The zero-order chi connectivity index (χ0) is 11.7. The van der Waals surface area contributed by atoms with Gasteiger partial charge in [0.05, 0.1) is 16.6 Å². The molecule has 6 heteroatoms. The first-order chi connectivity index (χ1) is 7.59. The highest BCUT2D eigenvalue weighted by molar-refractivity contribution is 9.10. The van der Waals surface area contributed by atoms with E-state index in [0.717, 1.165) is 16.7 Å². The summed E-state index contributed by atoms with van der Waals surface area (Å²) in [5, 5.41) is 11.4. The van der Waals surface area contributed by atoms with E-state index in [1.165, 1.54) is 0 Å². The second-order valence-corrected chi connectivity index (χ2v) is 4.44. The van der Waals surface area contributed by atoms with Crippen LogP contribution >= 0.6 is 15.9 Å². The Morgan fingerprint density at radius 1 is 1.62 bits per heavy atom. The number of carbonyl (C=O) groups excluding carboxylic acids is 1. The second-order valence-electron chi connectivity index (χ2n) is 3.63. The van der Waals surface area contributed by atoms with Gasteiger partial charge in [0.25, 0.3) is 5.91 Å². The maximum Gasteiger partial charge on any atom is 0.305 e. The quantitative estimate of drug-likeness (QED) is 0.871. The number of hydrogen-bond donors (Lipinski definition) is 2. The molecule has 0 saturated heterocycles. The van der Waals surface area contributed by atoms with Crippen LogP contribution in [0.1, 0.15) is 22.5 Å². The summed E-state index contributed by atoms with van der Waals surface area (Å²) in [6, 6.07) is 1.74. The Morgan fingerprint density at radius 3 is 3.06 bits per heavy atom. The number of nitrogens with zero attached hydrogens (tertiary/aromatic N) is 1. The van der Waals surface area contributed by atoms with Crippen molar-refractivity contribution >= 4 is 27.8 Å². The molecule has 0 aliphatic carbocycles. The number of hydrogen-bond acceptors (Lipinski definition) is 2. The molecule has 86 valence electrons. The average Bonchev–Trinajstić information content (AvgIpc) is 2.53. The molecule has 16 heavy (non-hydrogen) atoms. The molecule has 0 spiro atoms. The van der Waals surface area contributed by atoms with E-state index >= 15 is 0 Å². The summed E-state index contributed by atoms with van der Waals surface area (Å²) >= 11 is 3.35. The monoisotopic (exact) mass is 286 g/mol. The Balaban J connectivity index is 2.31. The zero-order valence-corrected chi connectivity index (χ0v) is 10.1. The Kier molecular flexibility index (Phi) is 3.00. The van der Waals surface area contributed by atoms with Crippen molar-refractivity contribution in [2.75, 3.05) is 6.54 Å². The van der Waals surface area contributed by atoms with Gasteiger partial charge >= 0.3 is 5.97 Å². The number of aromatic nitrogens is 1. The lowest BCUT2D eigenvalue weighted by atomic mass is 10.1. The first kappa shape index (κ1) is 11.2. The minimum absolute atomic E-state index is 0.0569. The lowest BCUT2D eigenvalue weighted by Crippen LogP contribution is -2.32. The van der Waals surface area contributed by atoms with Crippen LogP contribution in [0.2, 0.25) is 0 Å². The number of carboxylic acid groups (broad SMARTS) is 1. The molecule has 1 aliphatic heterocycles. The molecule has 0 fully saturated rings. The fourth-order valence-corrected chi connectivity index (χ4v) is 2.48. The first-order valence-electron chi connectivity index (χ1n) is 4.97. The van der Waals surface area contributed by atoms with Crippen molar-refractivity contribution in [1.82, 2.24) is 9.88 Å². The van der Waals surface area contributed by atoms with Gasteiger partial charge in [-0.05, 0) is 22.0 Å². The molecular formula is C10H11BrN2O3. The lowest BCUT2D eigenvalue weighted by Gasteiger charge is -2.16. The number of amides is 1. The minimum Gasteiger partial charge on any atom is -0.481 e. The predicted octanol–water partition coefficient (Wildman–Crippen LogP) is 1.01. The van der Waals surface area contributed by atoms with E-state index in [1.54, 1.807) is 6.07 Å². The number of rotatable bonds is 3. The molecule has 2 heterocycles. The third-order valence-electron chi connectivity index (χ3n) is 2.60. The molecule has 0 bridgehead atoms. The first-order valence-corrected chi connectivity index (χ1v) is 5.77. The Morgan fingerprint density at radius 2 is 2.38 bits per heavy atom. The number of carbonyl (C=O) groups is 2. The molecule has 5 nitrogen and oxygen atoms in total. The van der Waals surface area contributed by atoms with E-state index in [9.17, 15) is 9.59 Å². The van der Waals surface area contributed by atoms with E-state index in [2.05, 4.69) is 21.2 Å². The summed E-state index contributed by atoms with van der Waals surface area (Å²) < 4.78 is 2.61. The summed E-state index contributed by atoms with van der Waals surface area (Å²) in [5.74, 6) is -0.925. The number of carboxylic acids is 1. The third-order valence-corrected chi connectivity index (χ3v) is 3.26. The molecule has 1 aromatic rings. The highest BCUT2D eigenvalue weighted by Crippen LogP contribution is 2.24. The van der Waals surface area contributed by atoms with Crippen LogP contribution in [0.15, 0.2) is 10.7 Å². The highest BCUT2D eigenvalue weighted by Gasteiger charge is 2.22. The number of fused-ring (bicyclic) bond motifs is 1. The van der Waals surface area contributed by atoms with Crippen LogP contribution in [-0.2, 0) is 17.8 Å². The van der Waals surface area contributed by atoms with E-state index in [1.807, 2.05) is 4.57 Å². The standard InChI is InChI=1S/C10H11BrN2O3/c11-8-5-6-7(1-3-12-10(6)16)13(8)4-2-9(14)15/h5H,1-4H2,(H,12,16)(H,14,15). The van der Waals surface area contributed by atoms with Gasteiger partial charge in [-0.1, -0.05) is 0 Å². The van der Waals surface area contributed by atoms with Gasteiger partial charge < -0.3 is 15.0 Å². The molecule has 0 aromatic carbocycles. The van der Waals surface area contributed by atoms with Gasteiger partial charge in [-0.15, -0.1) is 0 Å². The number of nitrogens with one attached hydrogen (secondary N) is 1. The molecule has 2 N–H and O–H groups in total. The van der Waals surface area contributed by atoms with Gasteiger partial charge in [0.2, 0.25) is 0 Å². The van der Waals surface area contributed by atoms with Gasteiger partial charge in [0.15, 0.2) is 0 Å². The van der Waals surface area contributed by atoms with Crippen molar-refractivity contribution in [3.63, 3.8) is 0 Å². The van der Waals surface area contributed by atoms with Crippen molar-refractivity contribution < 1.29 is 14.7 Å². The van der Waals surface area contributed by atoms with E-state index in [4.69, 9.17) is 5.11 Å². The van der Waals surface area contributed by atoms with Crippen molar-refractivity contribution in [3.05, 3.63) is 21.9 Å². The van der Waals surface area contributed by atoms with Gasteiger partial charge in [0.1, 0.15) is 0 Å². The molecule has 0 unspecified atom stereocenters. The van der Waals surface area contributed by atoms with Crippen molar-refractivity contribution in [2.24, 2.45) is 0 Å². The van der Waals surface area contributed by atoms with E-state index in [-0.39, 0.29) is 12.3 Å². The van der Waals surface area contributed by atoms with Crippen LogP contribution in [0, 0.1) is 0 Å². The highest BCUT2D eigenvalue weighted by atomic mass is 79.9. The Bertz CT molecular complexity index is 453. The molecule has 0 atom stereocenters. The van der Waals surface area contributed by atoms with Crippen LogP contribution in [-0.4, -0.2) is 28.1 Å². The maximum absolute atomic E-state index is 11.5. The van der Waals surface area contributed by atoms with Gasteiger partial charge in [-0.3, -0.25) is 9.59 Å². The lowest BCUT2D eigenvalue weighted by molar-refractivity contribution is -0.137. The fraction of sp³-hybridized carbons (Fsp3) is 0.400. The average molecular weight is 287 g/mol. The molecular weight excluding hydrogens is 276 g/mol. The van der Waals surface area contributed by atoms with Gasteiger partial charge in [-0.2, -0.15) is 0 Å². The number of aliphatic carboxylic acids is 1. The van der Waals surface area contributed by atoms with Crippen LogP contribution in [0.4, 0.5) is 0 Å². The topological polar surface area (TPSA) is 71.3 Å². The molecule has 1 aliphatic rings. The molecule has 1 amide bonds. The second kappa shape index (κ2) is 4.29. The van der Waals surface area contributed by atoms with Crippen molar-refractivity contribution in [1.29, 1.82) is 0 Å². The summed E-state index contributed by atoms with van der Waals surface area (Å²) in [7, 11) is 0. The molecule has 2 rings (SSSR count). The summed E-state index contributed by atoms with van der Waals surface area (Å²) in [5.41, 5.74) is 1.56. The maximum atomic E-state index is 11.5. The minimum atomic E-state index is -0.838. The summed E-state index contributed by atoms with van der Waals surface area (Å²) in [6.45, 7) is 0.994. The predicted molar refractivity (Wildman–Crippen MR) is 60.4 cm³/mol. The normalized spacial score (nSPS) is 14.4. The van der Waals surface area contributed by atoms with Crippen LogP contribution < -0.4 is 5.32 Å². The zero-order valence-electron chi connectivity index (χ0n) is 8.49. The SMILES string of the molecule is O=C(O)CCn1c(Br)cc2c1CCNC2=O. The smallest absolute Gasteiger partial charge is 0.305 e. The molecule has 0 radical (unpaired) electrons. The number of halogens is 1. The van der Waals surface area contributed by atoms with Gasteiger partial charge in [-0.25, -0.2) is 0 Å².